The Bertz CT molecular complexity index is 922. The van der Waals surface area contributed by atoms with Crippen molar-refractivity contribution in [2.75, 3.05) is 5.73 Å². The smallest absolute Gasteiger partial charge is 0.246 e. The highest BCUT2D eigenvalue weighted by molar-refractivity contribution is 5.93. The monoisotopic (exact) mass is 261 g/mol. The number of benzene rings is 2. The molecule has 96 valence electrons. The van der Waals surface area contributed by atoms with E-state index >= 15 is 0 Å². The Hall–Kier alpha value is -2.88. The van der Waals surface area contributed by atoms with Gasteiger partial charge in [0, 0.05) is 17.3 Å². The van der Waals surface area contributed by atoms with Gasteiger partial charge in [0.15, 0.2) is 5.58 Å². The summed E-state index contributed by atoms with van der Waals surface area (Å²) in [7, 11) is 0. The summed E-state index contributed by atoms with van der Waals surface area (Å²) in [4.78, 5) is 8.89. The summed E-state index contributed by atoms with van der Waals surface area (Å²) < 4.78 is 5.79. The van der Waals surface area contributed by atoms with Crippen molar-refractivity contribution in [1.82, 2.24) is 9.97 Å². The van der Waals surface area contributed by atoms with Gasteiger partial charge in [0.2, 0.25) is 5.89 Å². The van der Waals surface area contributed by atoms with Crippen LogP contribution in [0.1, 0.15) is 0 Å². The van der Waals surface area contributed by atoms with E-state index in [1.54, 1.807) is 18.3 Å². The maximum atomic E-state index is 5.79. The van der Waals surface area contributed by atoms with Gasteiger partial charge in [-0.05, 0) is 29.7 Å². The maximum Gasteiger partial charge on any atom is 0.246 e. The summed E-state index contributed by atoms with van der Waals surface area (Å²) >= 11 is 0. The largest absolute Gasteiger partial charge is 0.435 e. The fourth-order valence-corrected chi connectivity index (χ4v) is 2.34. The predicted octanol–water partition coefficient (Wildman–Crippen LogP) is 3.63. The molecule has 0 aliphatic heterocycles. The first-order valence-corrected chi connectivity index (χ1v) is 6.31. The number of nitrogens with zero attached hydrogens (tertiary/aromatic N) is 2. The molecule has 20 heavy (non-hydrogen) atoms. The van der Waals surface area contributed by atoms with Crippen LogP contribution in [0.25, 0.3) is 33.5 Å². The van der Waals surface area contributed by atoms with Gasteiger partial charge in [-0.1, -0.05) is 24.3 Å². The van der Waals surface area contributed by atoms with Gasteiger partial charge < -0.3 is 10.2 Å². The lowest BCUT2D eigenvalue weighted by atomic mass is 10.1. The summed E-state index contributed by atoms with van der Waals surface area (Å²) in [6.07, 6.45) is 1.76. The topological polar surface area (TPSA) is 64.9 Å². The second kappa shape index (κ2) is 4.06. The lowest BCUT2D eigenvalue weighted by Gasteiger charge is -2.00. The van der Waals surface area contributed by atoms with Crippen molar-refractivity contribution in [1.29, 1.82) is 0 Å². The molecular weight excluding hydrogens is 250 g/mol. The Kier molecular flexibility index (Phi) is 2.23. The Labute approximate surface area is 114 Å². The zero-order chi connectivity index (χ0) is 13.5. The summed E-state index contributed by atoms with van der Waals surface area (Å²) in [5, 5.41) is 2.13. The number of fused-ring (bicyclic) bond motifs is 2. The van der Waals surface area contributed by atoms with Gasteiger partial charge in [-0.2, -0.15) is 0 Å². The van der Waals surface area contributed by atoms with Crippen molar-refractivity contribution in [3.05, 3.63) is 54.7 Å². The van der Waals surface area contributed by atoms with Crippen molar-refractivity contribution < 1.29 is 4.42 Å². The molecule has 0 aliphatic rings. The zero-order valence-corrected chi connectivity index (χ0v) is 10.6. The van der Waals surface area contributed by atoms with Crippen molar-refractivity contribution in [2.45, 2.75) is 0 Å². The average molecular weight is 261 g/mol. The maximum absolute atomic E-state index is 5.79. The molecule has 0 spiro atoms. The number of hydrogen-bond donors (Lipinski definition) is 1. The first-order valence-electron chi connectivity index (χ1n) is 6.31. The number of aromatic nitrogens is 2. The second-order valence-corrected chi connectivity index (χ2v) is 4.63. The van der Waals surface area contributed by atoms with Crippen LogP contribution in [-0.2, 0) is 0 Å². The van der Waals surface area contributed by atoms with E-state index in [0.717, 1.165) is 22.0 Å². The Morgan fingerprint density at radius 3 is 2.85 bits per heavy atom. The average Bonchev–Trinajstić information content (AvgIpc) is 2.89. The molecule has 4 rings (SSSR count). The first-order chi connectivity index (χ1) is 9.81. The molecule has 0 fully saturated rings. The molecule has 0 saturated heterocycles. The summed E-state index contributed by atoms with van der Waals surface area (Å²) in [6.45, 7) is 0. The van der Waals surface area contributed by atoms with Crippen LogP contribution in [0.2, 0.25) is 0 Å². The van der Waals surface area contributed by atoms with Crippen molar-refractivity contribution in [3.8, 4) is 11.6 Å². The number of oxazole rings is 1. The molecule has 4 heteroatoms. The molecule has 2 N–H and O–H groups in total. The molecular formula is C16H11N3O. The molecule has 2 aromatic heterocycles. The van der Waals surface area contributed by atoms with E-state index < -0.39 is 0 Å². The first kappa shape index (κ1) is 11.0. The minimum atomic E-state index is 0.516. The van der Waals surface area contributed by atoms with Crippen LogP contribution in [0.5, 0.6) is 0 Å². The third-order valence-corrected chi connectivity index (χ3v) is 3.29. The van der Waals surface area contributed by atoms with Gasteiger partial charge in [-0.15, -0.1) is 0 Å². The normalized spacial score (nSPS) is 11.2. The van der Waals surface area contributed by atoms with Gasteiger partial charge in [-0.25, -0.2) is 4.98 Å². The van der Waals surface area contributed by atoms with Crippen LogP contribution in [0.15, 0.2) is 59.1 Å². The van der Waals surface area contributed by atoms with Crippen molar-refractivity contribution >= 4 is 27.6 Å². The highest BCUT2D eigenvalue weighted by Crippen LogP contribution is 2.29. The zero-order valence-electron chi connectivity index (χ0n) is 10.6. The molecule has 4 aromatic rings. The van der Waals surface area contributed by atoms with Crippen molar-refractivity contribution in [3.63, 3.8) is 0 Å². The number of nitrogens with two attached hydrogens (primary N) is 1. The summed E-state index contributed by atoms with van der Waals surface area (Å²) in [6, 6.07) is 15.4. The van der Waals surface area contributed by atoms with Crippen LogP contribution >= 0.6 is 0 Å². The lowest BCUT2D eigenvalue weighted by molar-refractivity contribution is 0.618. The molecule has 0 aliphatic carbocycles. The minimum absolute atomic E-state index is 0.516. The molecule has 0 saturated carbocycles. The molecule has 0 atom stereocenters. The van der Waals surface area contributed by atoms with Gasteiger partial charge in [0.25, 0.3) is 0 Å². The van der Waals surface area contributed by atoms with Crippen LogP contribution in [0, 0.1) is 0 Å². The third kappa shape index (κ3) is 1.62. The second-order valence-electron chi connectivity index (χ2n) is 4.63. The highest BCUT2D eigenvalue weighted by Gasteiger charge is 2.12. The molecule has 2 heterocycles. The van der Waals surface area contributed by atoms with E-state index in [-0.39, 0.29) is 0 Å². The quantitative estimate of drug-likeness (QED) is 0.531. The number of nitrogen functional groups attached to an aromatic ring is 1. The van der Waals surface area contributed by atoms with E-state index in [1.165, 1.54) is 0 Å². The SMILES string of the molecule is Nc1ccc2oc(-c3nccc4ccccc34)nc2c1. The van der Waals surface area contributed by atoms with Crippen LogP contribution in [0.4, 0.5) is 5.69 Å². The van der Waals surface area contributed by atoms with E-state index in [4.69, 9.17) is 10.2 Å². The van der Waals surface area contributed by atoms with E-state index in [9.17, 15) is 0 Å². The van der Waals surface area contributed by atoms with E-state index in [1.807, 2.05) is 36.4 Å². The van der Waals surface area contributed by atoms with Gasteiger partial charge in [0.1, 0.15) is 11.2 Å². The minimum Gasteiger partial charge on any atom is -0.435 e. The number of pyridine rings is 1. The molecule has 0 amide bonds. The fraction of sp³-hybridized carbons (Fsp3) is 0. The fourth-order valence-electron chi connectivity index (χ4n) is 2.34. The van der Waals surface area contributed by atoms with Crippen LogP contribution in [-0.4, -0.2) is 9.97 Å². The van der Waals surface area contributed by atoms with Gasteiger partial charge >= 0.3 is 0 Å². The number of anilines is 1. The molecule has 0 unspecified atom stereocenters. The van der Waals surface area contributed by atoms with Crippen LogP contribution in [0.3, 0.4) is 0 Å². The molecule has 2 aromatic carbocycles. The van der Waals surface area contributed by atoms with Gasteiger partial charge in [-0.3, -0.25) is 4.98 Å². The lowest BCUT2D eigenvalue weighted by Crippen LogP contribution is -1.85. The predicted molar refractivity (Wildman–Crippen MR) is 79.2 cm³/mol. The number of rotatable bonds is 1. The molecule has 0 radical (unpaired) electrons. The van der Waals surface area contributed by atoms with E-state index in [0.29, 0.717) is 17.2 Å². The van der Waals surface area contributed by atoms with E-state index in [2.05, 4.69) is 9.97 Å². The summed E-state index contributed by atoms with van der Waals surface area (Å²) in [5.74, 6) is 0.516. The number of hydrogen-bond acceptors (Lipinski definition) is 4. The highest BCUT2D eigenvalue weighted by atomic mass is 16.3. The summed E-state index contributed by atoms with van der Waals surface area (Å²) in [5.41, 5.74) is 8.64. The molecule has 0 bridgehead atoms. The molecule has 4 nitrogen and oxygen atoms in total. The standard InChI is InChI=1S/C16H11N3O/c17-11-5-6-14-13(9-11)19-16(20-14)15-12-4-2-1-3-10(12)7-8-18-15/h1-9H,17H2. The third-order valence-electron chi connectivity index (χ3n) is 3.29. The van der Waals surface area contributed by atoms with Gasteiger partial charge in [0.05, 0.1) is 0 Å². The Morgan fingerprint density at radius 2 is 1.90 bits per heavy atom. The van der Waals surface area contributed by atoms with Crippen LogP contribution < -0.4 is 5.73 Å². The van der Waals surface area contributed by atoms with Crippen molar-refractivity contribution in [2.24, 2.45) is 0 Å². The Balaban J connectivity index is 2.01. The Morgan fingerprint density at radius 1 is 1.00 bits per heavy atom.